The van der Waals surface area contributed by atoms with E-state index in [1.807, 2.05) is 12.1 Å². The molecule has 0 aliphatic carbocycles. The lowest BCUT2D eigenvalue weighted by Crippen LogP contribution is -2.40. The first-order valence-electron chi connectivity index (χ1n) is 9.93. The molecular weight excluding hydrogens is 618 g/mol. The van der Waals surface area contributed by atoms with E-state index < -0.39 is 39.9 Å². The maximum Gasteiger partial charge on any atom is 0.416 e. The number of hydrogen-bond donors (Lipinski definition) is 1. The molecule has 3 rings (SSSR count). The van der Waals surface area contributed by atoms with Gasteiger partial charge in [0, 0.05) is 3.57 Å². The third-order valence-corrected chi connectivity index (χ3v) is 7.58. The number of alkyl halides is 3. The van der Waals surface area contributed by atoms with E-state index in [0.717, 1.165) is 21.3 Å². The van der Waals surface area contributed by atoms with Crippen LogP contribution in [0.4, 0.5) is 18.9 Å². The van der Waals surface area contributed by atoms with E-state index in [9.17, 15) is 26.4 Å². The van der Waals surface area contributed by atoms with Crippen molar-refractivity contribution < 1.29 is 26.4 Å². The molecule has 0 atom stereocenters. The first-order chi connectivity index (χ1) is 16.4. The second kappa shape index (κ2) is 11.0. The van der Waals surface area contributed by atoms with Crippen molar-refractivity contribution in [2.45, 2.75) is 18.0 Å². The number of benzene rings is 3. The van der Waals surface area contributed by atoms with Crippen molar-refractivity contribution in [3.63, 3.8) is 0 Å². The summed E-state index contributed by atoms with van der Waals surface area (Å²) >= 11 is 8.24. The fraction of sp³-hybridized carbons (Fsp3) is 0.130. The van der Waals surface area contributed by atoms with Gasteiger partial charge in [-0.25, -0.2) is 13.8 Å². The summed E-state index contributed by atoms with van der Waals surface area (Å²) in [5.41, 5.74) is 1.83. The molecule has 0 radical (unpaired) electrons. The van der Waals surface area contributed by atoms with Gasteiger partial charge in [-0.3, -0.25) is 9.10 Å². The summed E-state index contributed by atoms with van der Waals surface area (Å²) in [6.07, 6.45) is -4.75. The Labute approximate surface area is 219 Å². The fourth-order valence-electron chi connectivity index (χ4n) is 2.97. The maximum atomic E-state index is 13.3. The largest absolute Gasteiger partial charge is 0.416 e. The minimum absolute atomic E-state index is 0.222. The van der Waals surface area contributed by atoms with Crippen molar-refractivity contribution in [2.75, 3.05) is 10.8 Å². The van der Waals surface area contributed by atoms with Gasteiger partial charge in [0.25, 0.3) is 15.9 Å². The molecule has 0 heterocycles. The van der Waals surface area contributed by atoms with Crippen LogP contribution in [0.3, 0.4) is 0 Å². The molecule has 6 nitrogen and oxygen atoms in total. The monoisotopic (exact) mass is 635 g/mol. The lowest BCUT2D eigenvalue weighted by molar-refractivity contribution is -0.137. The molecule has 184 valence electrons. The Balaban J connectivity index is 1.98. The SMILES string of the molecule is C/C(=N/NC(=O)CN(c1cc(C(F)(F)F)ccc1Cl)S(=O)(=O)c1ccccc1)c1ccc(I)cc1. The third-order valence-electron chi connectivity index (χ3n) is 4.77. The normalized spacial score (nSPS) is 12.3. The maximum absolute atomic E-state index is 13.3. The molecule has 0 unspecified atom stereocenters. The highest BCUT2D eigenvalue weighted by atomic mass is 127. The van der Waals surface area contributed by atoms with E-state index >= 15 is 0 Å². The lowest BCUT2D eigenvalue weighted by atomic mass is 10.1. The molecule has 0 fully saturated rings. The Kier molecular flexibility index (Phi) is 8.44. The molecule has 1 amide bonds. The van der Waals surface area contributed by atoms with Gasteiger partial charge in [-0.15, -0.1) is 0 Å². The molecule has 35 heavy (non-hydrogen) atoms. The van der Waals surface area contributed by atoms with Crippen LogP contribution in [0.1, 0.15) is 18.1 Å². The number of rotatable bonds is 7. The highest BCUT2D eigenvalue weighted by molar-refractivity contribution is 14.1. The number of carbonyl (C=O) groups is 1. The van der Waals surface area contributed by atoms with Crippen molar-refractivity contribution in [1.29, 1.82) is 0 Å². The molecule has 0 aliphatic rings. The van der Waals surface area contributed by atoms with Crippen LogP contribution in [0.2, 0.25) is 5.02 Å². The van der Waals surface area contributed by atoms with Crippen molar-refractivity contribution in [3.05, 3.63) is 92.5 Å². The van der Waals surface area contributed by atoms with Gasteiger partial charge in [0.2, 0.25) is 0 Å². The summed E-state index contributed by atoms with van der Waals surface area (Å²) in [5.74, 6) is -0.872. The summed E-state index contributed by atoms with van der Waals surface area (Å²) in [5, 5.41) is 3.71. The third kappa shape index (κ3) is 6.73. The molecule has 0 bridgehead atoms. The quantitative estimate of drug-likeness (QED) is 0.206. The van der Waals surface area contributed by atoms with Crippen LogP contribution in [0.15, 0.2) is 82.8 Å². The molecule has 0 spiro atoms. The zero-order chi connectivity index (χ0) is 25.8. The number of hydrogen-bond acceptors (Lipinski definition) is 4. The molecule has 0 saturated heterocycles. The number of halogens is 5. The van der Waals surface area contributed by atoms with Crippen molar-refractivity contribution >= 4 is 61.5 Å². The number of amides is 1. The smallest absolute Gasteiger partial charge is 0.271 e. The molecule has 0 aromatic heterocycles. The number of hydrazone groups is 1. The average molecular weight is 636 g/mol. The highest BCUT2D eigenvalue weighted by Crippen LogP contribution is 2.37. The Bertz CT molecular complexity index is 1350. The highest BCUT2D eigenvalue weighted by Gasteiger charge is 2.34. The number of nitrogens with one attached hydrogen (secondary N) is 1. The number of nitrogens with zero attached hydrogens (tertiary/aromatic N) is 2. The Morgan fingerprint density at radius 2 is 1.69 bits per heavy atom. The van der Waals surface area contributed by atoms with E-state index in [4.69, 9.17) is 11.6 Å². The van der Waals surface area contributed by atoms with Crippen LogP contribution in [-0.2, 0) is 21.0 Å². The minimum atomic E-state index is -4.75. The summed E-state index contributed by atoms with van der Waals surface area (Å²) < 4.78 is 68.2. The van der Waals surface area contributed by atoms with Gasteiger partial charge in [-0.05, 0) is 77.5 Å². The summed E-state index contributed by atoms with van der Waals surface area (Å²) in [4.78, 5) is 12.5. The molecule has 3 aromatic carbocycles. The van der Waals surface area contributed by atoms with Crippen LogP contribution >= 0.6 is 34.2 Å². The zero-order valence-electron chi connectivity index (χ0n) is 18.1. The minimum Gasteiger partial charge on any atom is -0.271 e. The van der Waals surface area contributed by atoms with Gasteiger partial charge in [0.15, 0.2) is 0 Å². The van der Waals surface area contributed by atoms with Crippen molar-refractivity contribution in [3.8, 4) is 0 Å². The first kappa shape index (κ1) is 27.0. The Hall–Kier alpha value is -2.64. The number of anilines is 1. The topological polar surface area (TPSA) is 78.8 Å². The van der Waals surface area contributed by atoms with Gasteiger partial charge in [0.1, 0.15) is 6.54 Å². The van der Waals surface area contributed by atoms with Gasteiger partial charge in [-0.2, -0.15) is 18.3 Å². The molecular formula is C23H18ClF3IN3O3S. The van der Waals surface area contributed by atoms with Crippen LogP contribution < -0.4 is 9.73 Å². The molecule has 0 saturated carbocycles. The fourth-order valence-corrected chi connectivity index (χ4v) is 5.05. The van der Waals surface area contributed by atoms with Crippen molar-refractivity contribution in [1.82, 2.24) is 5.43 Å². The summed E-state index contributed by atoms with van der Waals surface area (Å²) in [7, 11) is -4.46. The molecule has 12 heteroatoms. The standard InChI is InChI=1S/C23H18ClF3IN3O3S/c1-15(16-7-10-18(28)11-8-16)29-30-22(32)14-31(35(33,34)19-5-3-2-4-6-19)21-13-17(23(25,26)27)9-12-20(21)24/h2-13H,14H2,1H3,(H,30,32)/b29-15-. The van der Waals surface area contributed by atoms with E-state index in [2.05, 4.69) is 33.1 Å². The first-order valence-corrected chi connectivity index (χ1v) is 12.8. The van der Waals surface area contributed by atoms with E-state index in [1.54, 1.807) is 25.1 Å². The molecule has 0 aliphatic heterocycles. The van der Waals surface area contributed by atoms with Gasteiger partial charge in [0.05, 0.1) is 26.9 Å². The van der Waals surface area contributed by atoms with Crippen molar-refractivity contribution in [2.24, 2.45) is 5.10 Å². The zero-order valence-corrected chi connectivity index (χ0v) is 21.8. The second-order valence-corrected chi connectivity index (χ2v) is 10.7. The van der Waals surface area contributed by atoms with E-state index in [1.165, 1.54) is 24.3 Å². The average Bonchev–Trinajstić information content (AvgIpc) is 2.81. The summed E-state index contributed by atoms with van der Waals surface area (Å²) in [6, 6.07) is 16.6. The predicted molar refractivity (Wildman–Crippen MR) is 137 cm³/mol. The lowest BCUT2D eigenvalue weighted by Gasteiger charge is -2.25. The van der Waals surface area contributed by atoms with E-state index in [-0.39, 0.29) is 9.92 Å². The molecule has 3 aromatic rings. The molecule has 1 N–H and O–H groups in total. The van der Waals surface area contributed by atoms with Crippen LogP contribution in [-0.4, -0.2) is 26.6 Å². The van der Waals surface area contributed by atoms with Crippen LogP contribution in [0, 0.1) is 3.57 Å². The van der Waals surface area contributed by atoms with Gasteiger partial charge in [-0.1, -0.05) is 41.9 Å². The second-order valence-electron chi connectivity index (χ2n) is 7.23. The Morgan fingerprint density at radius 1 is 1.06 bits per heavy atom. The van der Waals surface area contributed by atoms with Gasteiger partial charge >= 0.3 is 6.18 Å². The number of sulfonamides is 1. The van der Waals surface area contributed by atoms with E-state index in [0.29, 0.717) is 16.1 Å². The van der Waals surface area contributed by atoms with Crippen LogP contribution in [0.5, 0.6) is 0 Å². The number of carbonyl (C=O) groups excluding carboxylic acids is 1. The van der Waals surface area contributed by atoms with Crippen LogP contribution in [0.25, 0.3) is 0 Å². The Morgan fingerprint density at radius 3 is 2.29 bits per heavy atom. The predicted octanol–water partition coefficient (Wildman–Crippen LogP) is 5.70. The summed E-state index contributed by atoms with van der Waals surface area (Å²) in [6.45, 7) is 0.784. The van der Waals surface area contributed by atoms with Gasteiger partial charge < -0.3 is 0 Å².